The highest BCUT2D eigenvalue weighted by atomic mass is 79.9. The molecule has 0 radical (unpaired) electrons. The number of ether oxygens (including phenoxy) is 1. The number of esters is 1. The first kappa shape index (κ1) is 16.4. The topological polar surface area (TPSA) is 110 Å². The molecule has 20 heavy (non-hydrogen) atoms. The van der Waals surface area contributed by atoms with Gasteiger partial charge in [0, 0.05) is 4.47 Å². The lowest BCUT2D eigenvalue weighted by Crippen LogP contribution is -2.33. The van der Waals surface area contributed by atoms with Crippen molar-refractivity contribution in [2.45, 2.75) is 12.2 Å². The number of anilines is 1. The first-order chi connectivity index (χ1) is 9.17. The Kier molecular flexibility index (Phi) is 5.12. The molecule has 1 aromatic rings. The number of methoxy groups -OCH3 is 1. The minimum atomic E-state index is -4.02. The van der Waals surface area contributed by atoms with Crippen LogP contribution in [0.3, 0.4) is 0 Å². The summed E-state index contributed by atoms with van der Waals surface area (Å²) in [6.45, 7) is 1.17. The monoisotopic (exact) mass is 365 g/mol. The van der Waals surface area contributed by atoms with Gasteiger partial charge < -0.3 is 9.84 Å². The van der Waals surface area contributed by atoms with E-state index in [0.29, 0.717) is 4.47 Å². The van der Waals surface area contributed by atoms with Crippen LogP contribution in [0.4, 0.5) is 5.69 Å². The predicted molar refractivity (Wildman–Crippen MR) is 75.1 cm³/mol. The van der Waals surface area contributed by atoms with Crippen LogP contribution in [0.1, 0.15) is 17.3 Å². The zero-order valence-corrected chi connectivity index (χ0v) is 13.0. The Labute approximate surface area is 124 Å². The molecule has 0 aromatic heterocycles. The van der Waals surface area contributed by atoms with Gasteiger partial charge in [0.1, 0.15) is 0 Å². The number of nitrogens with one attached hydrogen (secondary N) is 1. The molecule has 0 fully saturated rings. The van der Waals surface area contributed by atoms with Crippen LogP contribution in [0.2, 0.25) is 0 Å². The van der Waals surface area contributed by atoms with Gasteiger partial charge in [-0.3, -0.25) is 9.52 Å². The molecule has 9 heteroatoms. The van der Waals surface area contributed by atoms with Crippen LogP contribution in [0.5, 0.6) is 0 Å². The lowest BCUT2D eigenvalue weighted by atomic mass is 10.2. The van der Waals surface area contributed by atoms with Crippen molar-refractivity contribution in [2.75, 3.05) is 11.8 Å². The molecule has 110 valence electrons. The maximum Gasteiger partial charge on any atom is 0.335 e. The number of benzene rings is 1. The molecule has 0 heterocycles. The first-order valence-electron chi connectivity index (χ1n) is 5.30. The number of halogens is 1. The minimum absolute atomic E-state index is 0.0347. The number of hydrogen-bond acceptors (Lipinski definition) is 5. The van der Waals surface area contributed by atoms with Crippen molar-refractivity contribution in [3.8, 4) is 0 Å². The van der Waals surface area contributed by atoms with Crippen LogP contribution in [-0.2, 0) is 19.6 Å². The van der Waals surface area contributed by atoms with E-state index in [1.807, 2.05) is 0 Å². The van der Waals surface area contributed by atoms with E-state index < -0.39 is 27.2 Å². The Bertz CT molecular complexity index is 642. The smallest absolute Gasteiger partial charge is 0.335 e. The summed E-state index contributed by atoms with van der Waals surface area (Å²) in [5.41, 5.74) is -0.0599. The third-order valence-electron chi connectivity index (χ3n) is 2.40. The lowest BCUT2D eigenvalue weighted by molar-refractivity contribution is -0.139. The van der Waals surface area contributed by atoms with E-state index >= 15 is 0 Å². The third-order valence-corrected chi connectivity index (χ3v) is 4.50. The number of rotatable bonds is 5. The van der Waals surface area contributed by atoms with Gasteiger partial charge in [0.2, 0.25) is 10.0 Å². The molecule has 0 amide bonds. The largest absolute Gasteiger partial charge is 0.478 e. The Hall–Kier alpha value is -1.61. The Morgan fingerprint density at radius 3 is 2.45 bits per heavy atom. The van der Waals surface area contributed by atoms with Crippen LogP contribution in [0.25, 0.3) is 0 Å². The molecule has 1 rings (SSSR count). The number of carboxylic acid groups (broad SMARTS) is 1. The molecule has 0 saturated heterocycles. The van der Waals surface area contributed by atoms with Crippen molar-refractivity contribution in [1.29, 1.82) is 0 Å². The second kappa shape index (κ2) is 6.23. The summed E-state index contributed by atoms with van der Waals surface area (Å²) >= 11 is 3.08. The number of carboxylic acids is 1. The van der Waals surface area contributed by atoms with E-state index in [1.54, 1.807) is 0 Å². The molecule has 1 aromatic carbocycles. The van der Waals surface area contributed by atoms with E-state index in [0.717, 1.165) is 13.2 Å². The summed E-state index contributed by atoms with van der Waals surface area (Å²) < 4.78 is 30.7. The second-order valence-electron chi connectivity index (χ2n) is 3.85. The maximum atomic E-state index is 11.9. The summed E-state index contributed by atoms with van der Waals surface area (Å²) in [6, 6.07) is 3.85. The van der Waals surface area contributed by atoms with Gasteiger partial charge in [-0.05, 0) is 25.1 Å². The standard InChI is InChI=1S/C11H12BrNO6S/c1-6(11(16)19-2)20(17,18)13-9-4-7(10(14)15)3-8(12)5-9/h3-6,13H,1-2H3,(H,14,15). The molecule has 0 bridgehead atoms. The van der Waals surface area contributed by atoms with Crippen molar-refractivity contribution in [3.05, 3.63) is 28.2 Å². The zero-order chi connectivity index (χ0) is 15.5. The Balaban J connectivity index is 3.10. The lowest BCUT2D eigenvalue weighted by Gasteiger charge is -2.13. The molecular weight excluding hydrogens is 354 g/mol. The molecule has 1 unspecified atom stereocenters. The maximum absolute atomic E-state index is 11.9. The zero-order valence-electron chi connectivity index (χ0n) is 10.6. The fourth-order valence-electron chi connectivity index (χ4n) is 1.32. The van der Waals surface area contributed by atoms with Gasteiger partial charge in [-0.2, -0.15) is 0 Å². The van der Waals surface area contributed by atoms with Gasteiger partial charge in [-0.1, -0.05) is 15.9 Å². The van der Waals surface area contributed by atoms with E-state index in [4.69, 9.17) is 5.11 Å². The third kappa shape index (κ3) is 3.94. The first-order valence-corrected chi connectivity index (χ1v) is 7.64. The normalized spacial score (nSPS) is 12.6. The molecular formula is C11H12BrNO6S. The highest BCUT2D eigenvalue weighted by Gasteiger charge is 2.29. The summed E-state index contributed by atoms with van der Waals surface area (Å²) in [5.74, 6) is -2.11. The van der Waals surface area contributed by atoms with Gasteiger partial charge in [-0.25, -0.2) is 13.2 Å². The molecule has 0 spiro atoms. The number of hydrogen-bond donors (Lipinski definition) is 2. The van der Waals surface area contributed by atoms with Gasteiger partial charge >= 0.3 is 11.9 Å². The van der Waals surface area contributed by atoms with Crippen molar-refractivity contribution >= 4 is 43.6 Å². The molecule has 0 aliphatic rings. The van der Waals surface area contributed by atoms with Crippen LogP contribution < -0.4 is 4.72 Å². The Morgan fingerprint density at radius 2 is 1.95 bits per heavy atom. The summed E-state index contributed by atoms with van der Waals surface area (Å²) in [6.07, 6.45) is 0. The van der Waals surface area contributed by atoms with Crippen LogP contribution in [0.15, 0.2) is 22.7 Å². The van der Waals surface area contributed by atoms with Crippen LogP contribution >= 0.6 is 15.9 Å². The SMILES string of the molecule is COC(=O)C(C)S(=O)(=O)Nc1cc(Br)cc(C(=O)O)c1. The number of sulfonamides is 1. The van der Waals surface area contributed by atoms with Crippen molar-refractivity contribution in [3.63, 3.8) is 0 Å². The molecule has 2 N–H and O–H groups in total. The second-order valence-corrected chi connectivity index (χ2v) is 6.76. The Morgan fingerprint density at radius 1 is 1.35 bits per heavy atom. The van der Waals surface area contributed by atoms with E-state index in [-0.39, 0.29) is 11.3 Å². The van der Waals surface area contributed by atoms with E-state index in [2.05, 4.69) is 25.4 Å². The summed E-state index contributed by atoms with van der Waals surface area (Å²) in [7, 11) is -2.94. The number of aromatic carboxylic acids is 1. The molecule has 0 aliphatic heterocycles. The fourth-order valence-corrected chi connectivity index (χ4v) is 2.78. The van der Waals surface area contributed by atoms with Crippen molar-refractivity contribution in [2.24, 2.45) is 0 Å². The average Bonchev–Trinajstić information content (AvgIpc) is 2.35. The number of carbonyl (C=O) groups is 2. The predicted octanol–water partition coefficient (Wildman–Crippen LogP) is 1.45. The van der Waals surface area contributed by atoms with Gasteiger partial charge in [0.05, 0.1) is 18.4 Å². The highest BCUT2D eigenvalue weighted by molar-refractivity contribution is 9.10. The fraction of sp³-hybridized carbons (Fsp3) is 0.273. The van der Waals surface area contributed by atoms with Crippen LogP contribution in [0, 0.1) is 0 Å². The molecule has 7 nitrogen and oxygen atoms in total. The molecule has 0 aliphatic carbocycles. The van der Waals surface area contributed by atoms with Gasteiger partial charge in [0.25, 0.3) is 0 Å². The van der Waals surface area contributed by atoms with Gasteiger partial charge in [0.15, 0.2) is 5.25 Å². The highest BCUT2D eigenvalue weighted by Crippen LogP contribution is 2.21. The minimum Gasteiger partial charge on any atom is -0.478 e. The summed E-state index contributed by atoms with van der Waals surface area (Å²) in [4.78, 5) is 22.1. The van der Waals surface area contributed by atoms with Crippen LogP contribution in [-0.4, -0.2) is 37.8 Å². The van der Waals surface area contributed by atoms with Crippen molar-refractivity contribution < 1.29 is 27.9 Å². The average molecular weight is 366 g/mol. The van der Waals surface area contributed by atoms with E-state index in [9.17, 15) is 18.0 Å². The molecule has 1 atom stereocenters. The van der Waals surface area contributed by atoms with Gasteiger partial charge in [-0.15, -0.1) is 0 Å². The summed E-state index contributed by atoms with van der Waals surface area (Å²) in [5, 5.41) is 7.48. The number of carbonyl (C=O) groups excluding carboxylic acids is 1. The van der Waals surface area contributed by atoms with E-state index in [1.165, 1.54) is 19.1 Å². The molecule has 0 saturated carbocycles. The quantitative estimate of drug-likeness (QED) is 0.764. The van der Waals surface area contributed by atoms with Crippen molar-refractivity contribution in [1.82, 2.24) is 0 Å².